The lowest BCUT2D eigenvalue weighted by Crippen LogP contribution is -2.19. The molecule has 2 N–H and O–H groups in total. The number of hydrogen-bond acceptors (Lipinski definition) is 2. The van der Waals surface area contributed by atoms with Crippen molar-refractivity contribution >= 4 is 38.4 Å². The fraction of sp³-hybridized carbons (Fsp3) is 0.0909. The van der Waals surface area contributed by atoms with E-state index in [-0.39, 0.29) is 0 Å². The van der Waals surface area contributed by atoms with Crippen LogP contribution in [0.3, 0.4) is 0 Å². The van der Waals surface area contributed by atoms with Crippen molar-refractivity contribution in [1.29, 1.82) is 0 Å². The van der Waals surface area contributed by atoms with Crippen LogP contribution in [0.4, 0.5) is 0 Å². The minimum Gasteiger partial charge on any atom is -0.386 e. The molecule has 4 aromatic rings. The van der Waals surface area contributed by atoms with Gasteiger partial charge in [0.15, 0.2) is 0 Å². The second-order valence-corrected chi connectivity index (χ2v) is 6.44. The molecule has 0 aliphatic heterocycles. The van der Waals surface area contributed by atoms with Crippen molar-refractivity contribution in [2.24, 2.45) is 0 Å². The fourth-order valence-corrected chi connectivity index (χ4v) is 3.82. The second kappa shape index (κ2) is 4.91. The molecule has 2 heteroatoms. The summed E-state index contributed by atoms with van der Waals surface area (Å²) in [6.07, 6.45) is 1.80. The highest BCUT2D eigenvalue weighted by Crippen LogP contribution is 2.37. The molecule has 0 amide bonds. The van der Waals surface area contributed by atoms with Gasteiger partial charge < -0.3 is 10.2 Å². The van der Waals surface area contributed by atoms with Crippen molar-refractivity contribution < 1.29 is 10.2 Å². The largest absolute Gasteiger partial charge is 0.386 e. The Morgan fingerprint density at radius 2 is 1.38 bits per heavy atom. The van der Waals surface area contributed by atoms with E-state index in [4.69, 9.17) is 0 Å². The molecule has 0 unspecified atom stereocenters. The minimum absolute atomic E-state index is 0.817. The summed E-state index contributed by atoms with van der Waals surface area (Å²) in [5, 5.41) is 27.4. The Morgan fingerprint density at radius 1 is 0.667 bits per heavy atom. The Morgan fingerprint density at radius 3 is 2.29 bits per heavy atom. The molecule has 0 bridgehead atoms. The maximum Gasteiger partial charge on any atom is 0.110 e. The first-order valence-corrected chi connectivity index (χ1v) is 8.15. The molecule has 0 radical (unpaired) electrons. The molecule has 116 valence electrons. The summed E-state index contributed by atoms with van der Waals surface area (Å²) in [5.41, 5.74) is 1.79. The van der Waals surface area contributed by atoms with Crippen LogP contribution in [0.15, 0.2) is 66.7 Å². The molecule has 2 atom stereocenters. The van der Waals surface area contributed by atoms with Crippen LogP contribution in [0.5, 0.6) is 0 Å². The Hall–Kier alpha value is -2.68. The summed E-state index contributed by atoms with van der Waals surface area (Å²) in [4.78, 5) is 0. The van der Waals surface area contributed by atoms with Gasteiger partial charge in [-0.15, -0.1) is 0 Å². The van der Waals surface area contributed by atoms with Gasteiger partial charge in [-0.1, -0.05) is 60.7 Å². The molecule has 0 spiro atoms. The predicted molar refractivity (Wildman–Crippen MR) is 99.0 cm³/mol. The van der Waals surface area contributed by atoms with Gasteiger partial charge in [0, 0.05) is 0 Å². The maximum atomic E-state index is 10.5. The van der Waals surface area contributed by atoms with Crippen LogP contribution >= 0.6 is 0 Å². The first-order valence-electron chi connectivity index (χ1n) is 8.15. The van der Waals surface area contributed by atoms with Crippen LogP contribution in [-0.2, 0) is 0 Å². The molecule has 0 saturated carbocycles. The van der Waals surface area contributed by atoms with E-state index in [1.54, 1.807) is 6.08 Å². The highest BCUT2D eigenvalue weighted by molar-refractivity contribution is 6.12. The van der Waals surface area contributed by atoms with Gasteiger partial charge in [-0.05, 0) is 55.6 Å². The van der Waals surface area contributed by atoms with Crippen LogP contribution < -0.4 is 0 Å². The number of aliphatic hydroxyl groups excluding tert-OH is 2. The zero-order valence-electron chi connectivity index (χ0n) is 13.0. The summed E-state index contributed by atoms with van der Waals surface area (Å²) in [5.74, 6) is 0. The number of hydrogen-bond donors (Lipinski definition) is 2. The summed E-state index contributed by atoms with van der Waals surface area (Å²) >= 11 is 0. The minimum atomic E-state index is -0.883. The van der Waals surface area contributed by atoms with Crippen molar-refractivity contribution in [3.8, 4) is 0 Å². The van der Waals surface area contributed by atoms with E-state index in [1.807, 2.05) is 12.1 Å². The topological polar surface area (TPSA) is 40.5 Å². The van der Waals surface area contributed by atoms with Crippen LogP contribution in [-0.4, -0.2) is 16.3 Å². The quantitative estimate of drug-likeness (QED) is 0.369. The zero-order valence-corrected chi connectivity index (χ0v) is 13.0. The molecule has 1 aliphatic rings. The Labute approximate surface area is 139 Å². The SMILES string of the molecule is O[C@H]1C=Cc2ccc3cc4c(ccc5ccccc54)cc3c2[C@@H]1O. The normalized spacial score (nSPS) is 19.9. The molecule has 1 aliphatic carbocycles. The molecule has 5 rings (SSSR count). The van der Waals surface area contributed by atoms with Gasteiger partial charge in [-0.25, -0.2) is 0 Å². The van der Waals surface area contributed by atoms with E-state index in [0.29, 0.717) is 0 Å². The third-order valence-electron chi connectivity index (χ3n) is 5.05. The smallest absolute Gasteiger partial charge is 0.110 e. The lowest BCUT2D eigenvalue weighted by atomic mass is 9.87. The standard InChI is InChI=1S/C22H16O2/c23-20-10-9-14-6-8-16-11-18-15(12-19(16)21(14)22(20)24)7-5-13-3-1-2-4-17(13)18/h1-12,20,22-24H/t20-,22+/m0/s1. The number of benzene rings is 4. The number of rotatable bonds is 0. The molecule has 0 fully saturated rings. The van der Waals surface area contributed by atoms with Crippen molar-refractivity contribution in [3.63, 3.8) is 0 Å². The highest BCUT2D eigenvalue weighted by Gasteiger charge is 2.24. The van der Waals surface area contributed by atoms with E-state index in [9.17, 15) is 10.2 Å². The maximum absolute atomic E-state index is 10.5. The number of aliphatic hydroxyl groups is 2. The van der Waals surface area contributed by atoms with E-state index < -0.39 is 12.2 Å². The summed E-state index contributed by atoms with van der Waals surface area (Å²) < 4.78 is 0. The van der Waals surface area contributed by atoms with E-state index in [2.05, 4.69) is 54.6 Å². The van der Waals surface area contributed by atoms with Gasteiger partial charge in [0.05, 0.1) is 0 Å². The van der Waals surface area contributed by atoms with Gasteiger partial charge in [0.2, 0.25) is 0 Å². The second-order valence-electron chi connectivity index (χ2n) is 6.44. The van der Waals surface area contributed by atoms with Gasteiger partial charge in [0.1, 0.15) is 12.2 Å². The third kappa shape index (κ3) is 1.84. The lowest BCUT2D eigenvalue weighted by Gasteiger charge is -2.24. The van der Waals surface area contributed by atoms with Crippen molar-refractivity contribution in [3.05, 3.63) is 77.9 Å². The zero-order chi connectivity index (χ0) is 16.3. The van der Waals surface area contributed by atoms with E-state index in [0.717, 1.165) is 27.3 Å². The molecule has 4 aromatic carbocycles. The average Bonchev–Trinajstić information content (AvgIpc) is 2.62. The first kappa shape index (κ1) is 13.7. The summed E-state index contributed by atoms with van der Waals surface area (Å²) in [6, 6.07) is 21.0. The van der Waals surface area contributed by atoms with Crippen LogP contribution in [0, 0.1) is 0 Å². The fourth-order valence-electron chi connectivity index (χ4n) is 3.82. The van der Waals surface area contributed by atoms with Crippen molar-refractivity contribution in [2.75, 3.05) is 0 Å². The molecule has 0 saturated heterocycles. The monoisotopic (exact) mass is 312 g/mol. The van der Waals surface area contributed by atoms with Gasteiger partial charge >= 0.3 is 0 Å². The molecule has 24 heavy (non-hydrogen) atoms. The van der Waals surface area contributed by atoms with Gasteiger partial charge in [0.25, 0.3) is 0 Å². The predicted octanol–water partition coefficient (Wildman–Crippen LogP) is 4.57. The Balaban J connectivity index is 1.92. The van der Waals surface area contributed by atoms with Crippen LogP contribution in [0.2, 0.25) is 0 Å². The molecule has 0 aromatic heterocycles. The summed E-state index contributed by atoms with van der Waals surface area (Å²) in [6.45, 7) is 0. The van der Waals surface area contributed by atoms with Crippen LogP contribution in [0.1, 0.15) is 17.2 Å². The highest BCUT2D eigenvalue weighted by atomic mass is 16.3. The average molecular weight is 312 g/mol. The first-order chi connectivity index (χ1) is 11.7. The molecular formula is C22H16O2. The number of fused-ring (bicyclic) bond motifs is 6. The van der Waals surface area contributed by atoms with E-state index >= 15 is 0 Å². The van der Waals surface area contributed by atoms with Crippen molar-refractivity contribution in [1.82, 2.24) is 0 Å². The molecule has 0 heterocycles. The van der Waals surface area contributed by atoms with Crippen molar-refractivity contribution in [2.45, 2.75) is 12.2 Å². The van der Waals surface area contributed by atoms with Crippen LogP contribution in [0.25, 0.3) is 38.4 Å². The molecular weight excluding hydrogens is 296 g/mol. The Bertz CT molecular complexity index is 1140. The van der Waals surface area contributed by atoms with E-state index in [1.165, 1.54) is 16.2 Å². The molecule has 2 nitrogen and oxygen atoms in total. The summed E-state index contributed by atoms with van der Waals surface area (Å²) in [7, 11) is 0. The van der Waals surface area contributed by atoms with Gasteiger partial charge in [-0.2, -0.15) is 0 Å². The lowest BCUT2D eigenvalue weighted by molar-refractivity contribution is 0.0480. The Kier molecular flexibility index (Phi) is 2.81. The third-order valence-corrected chi connectivity index (χ3v) is 5.05. The van der Waals surface area contributed by atoms with Gasteiger partial charge in [-0.3, -0.25) is 0 Å².